The van der Waals surface area contributed by atoms with Crippen LogP contribution in [-0.4, -0.2) is 31.6 Å². The van der Waals surface area contributed by atoms with Gasteiger partial charge >= 0.3 is 5.97 Å². The Morgan fingerprint density at radius 1 is 1.24 bits per heavy atom. The zero-order valence-corrected chi connectivity index (χ0v) is 16.4. The van der Waals surface area contributed by atoms with Gasteiger partial charge < -0.3 is 15.4 Å². The van der Waals surface area contributed by atoms with Crippen LogP contribution in [0.15, 0.2) is 24.3 Å². The molecule has 0 unspecified atom stereocenters. The van der Waals surface area contributed by atoms with Crippen LogP contribution in [0.25, 0.3) is 11.1 Å². The van der Waals surface area contributed by atoms with Crippen molar-refractivity contribution in [3.05, 3.63) is 40.3 Å². The maximum Gasteiger partial charge on any atom is 0.341 e. The number of thiophene rings is 1. The number of carbonyl (C=O) groups excluding carboxylic acids is 1. The highest BCUT2D eigenvalue weighted by Crippen LogP contribution is 2.40. The molecule has 0 saturated heterocycles. The molecular weight excluding hydrogens is 332 g/mol. The van der Waals surface area contributed by atoms with E-state index in [2.05, 4.69) is 50.1 Å². The molecule has 5 heteroatoms. The number of hydrogen-bond donors (Lipinski definition) is 1. The fourth-order valence-electron chi connectivity index (χ4n) is 2.88. The summed E-state index contributed by atoms with van der Waals surface area (Å²) in [6.45, 7) is 6.12. The number of carbonyl (C=O) groups is 1. The number of hydrogen-bond acceptors (Lipinski definition) is 5. The number of unbranched alkanes of at least 4 members (excludes halogenated alkanes) is 1. The summed E-state index contributed by atoms with van der Waals surface area (Å²) in [7, 11) is 3.50. The van der Waals surface area contributed by atoms with Crippen LogP contribution in [0.5, 0.6) is 0 Å². The van der Waals surface area contributed by atoms with Gasteiger partial charge in [-0.1, -0.05) is 44.5 Å². The van der Waals surface area contributed by atoms with Crippen molar-refractivity contribution in [1.29, 1.82) is 0 Å². The molecule has 136 valence electrons. The van der Waals surface area contributed by atoms with E-state index in [4.69, 9.17) is 10.5 Å². The fraction of sp³-hybridized carbons (Fsp3) is 0.450. The highest BCUT2D eigenvalue weighted by molar-refractivity contribution is 7.17. The van der Waals surface area contributed by atoms with E-state index in [1.807, 2.05) is 0 Å². The molecule has 0 aliphatic heterocycles. The molecule has 4 nitrogen and oxygen atoms in total. The molecular formula is C20H28N2O2S. The van der Waals surface area contributed by atoms with Crippen molar-refractivity contribution in [3.8, 4) is 11.1 Å². The smallest absolute Gasteiger partial charge is 0.341 e. The second-order valence-corrected chi connectivity index (χ2v) is 7.41. The number of nitrogens with zero attached hydrogens (tertiary/aromatic N) is 1. The molecule has 0 bridgehead atoms. The Morgan fingerprint density at radius 2 is 1.92 bits per heavy atom. The van der Waals surface area contributed by atoms with Gasteiger partial charge in [0.05, 0.1) is 7.11 Å². The van der Waals surface area contributed by atoms with Gasteiger partial charge in [-0.2, -0.15) is 0 Å². The third kappa shape index (κ3) is 4.61. The summed E-state index contributed by atoms with van der Waals surface area (Å²) in [5.41, 5.74) is 9.89. The molecule has 1 heterocycles. The average molecular weight is 361 g/mol. The zero-order valence-electron chi connectivity index (χ0n) is 15.6. The molecule has 0 fully saturated rings. The van der Waals surface area contributed by atoms with Crippen molar-refractivity contribution in [1.82, 2.24) is 4.90 Å². The van der Waals surface area contributed by atoms with E-state index in [9.17, 15) is 4.79 Å². The number of anilines is 1. The normalized spacial score (nSPS) is 11.1. The van der Waals surface area contributed by atoms with Crippen LogP contribution in [0.2, 0.25) is 0 Å². The van der Waals surface area contributed by atoms with Gasteiger partial charge in [-0.05, 0) is 37.6 Å². The van der Waals surface area contributed by atoms with E-state index in [0.717, 1.165) is 48.4 Å². The number of benzene rings is 1. The average Bonchev–Trinajstić information content (AvgIpc) is 2.95. The summed E-state index contributed by atoms with van der Waals surface area (Å²) in [4.78, 5) is 15.7. The van der Waals surface area contributed by atoms with Crippen molar-refractivity contribution >= 4 is 22.3 Å². The summed E-state index contributed by atoms with van der Waals surface area (Å²) in [6.07, 6.45) is 3.31. The molecule has 1 aromatic carbocycles. The third-order valence-corrected chi connectivity index (χ3v) is 5.36. The van der Waals surface area contributed by atoms with Gasteiger partial charge in [0, 0.05) is 17.0 Å². The zero-order chi connectivity index (χ0) is 18.4. The van der Waals surface area contributed by atoms with Gasteiger partial charge in [0.25, 0.3) is 0 Å². The quantitative estimate of drug-likeness (QED) is 0.700. The Hall–Kier alpha value is -1.85. The number of ether oxygens (including phenoxy) is 1. The predicted octanol–water partition coefficient (Wildman–Crippen LogP) is 4.58. The van der Waals surface area contributed by atoms with E-state index in [1.54, 1.807) is 0 Å². The van der Waals surface area contributed by atoms with Crippen molar-refractivity contribution in [2.24, 2.45) is 0 Å². The van der Waals surface area contributed by atoms with Gasteiger partial charge in [0.1, 0.15) is 10.6 Å². The number of rotatable bonds is 8. The second-order valence-electron chi connectivity index (χ2n) is 6.27. The van der Waals surface area contributed by atoms with Crippen molar-refractivity contribution in [3.63, 3.8) is 0 Å². The number of aryl methyl sites for hydroxylation is 1. The van der Waals surface area contributed by atoms with Crippen molar-refractivity contribution < 1.29 is 9.53 Å². The Labute approximate surface area is 154 Å². The summed E-state index contributed by atoms with van der Waals surface area (Å²) in [5, 5.41) is 0.528. The first kappa shape index (κ1) is 19.5. The van der Waals surface area contributed by atoms with Crippen LogP contribution in [0, 0.1) is 0 Å². The summed E-state index contributed by atoms with van der Waals surface area (Å²) >= 11 is 1.49. The lowest BCUT2D eigenvalue weighted by Gasteiger charge is -2.16. The highest BCUT2D eigenvalue weighted by atomic mass is 32.1. The Bertz CT molecular complexity index is 707. The van der Waals surface area contributed by atoms with Crippen LogP contribution < -0.4 is 5.73 Å². The van der Waals surface area contributed by atoms with Gasteiger partial charge in [-0.25, -0.2) is 4.79 Å². The monoisotopic (exact) mass is 360 g/mol. The molecule has 0 amide bonds. The van der Waals surface area contributed by atoms with Crippen LogP contribution in [0.1, 0.15) is 47.5 Å². The van der Waals surface area contributed by atoms with Gasteiger partial charge in [0.2, 0.25) is 0 Å². The van der Waals surface area contributed by atoms with Crippen LogP contribution in [0.4, 0.5) is 5.00 Å². The fourth-order valence-corrected chi connectivity index (χ4v) is 4.04. The summed E-state index contributed by atoms with van der Waals surface area (Å²) in [5.74, 6) is -0.370. The van der Waals surface area contributed by atoms with Gasteiger partial charge in [-0.3, -0.25) is 0 Å². The lowest BCUT2D eigenvalue weighted by atomic mass is 9.99. The van der Waals surface area contributed by atoms with Crippen LogP contribution in [0.3, 0.4) is 0 Å². The van der Waals surface area contributed by atoms with E-state index >= 15 is 0 Å². The van der Waals surface area contributed by atoms with Crippen LogP contribution >= 0.6 is 11.3 Å². The molecule has 2 rings (SSSR count). The molecule has 2 aromatic rings. The van der Waals surface area contributed by atoms with Gasteiger partial charge in [0.15, 0.2) is 0 Å². The van der Waals surface area contributed by atoms with E-state index in [1.165, 1.54) is 24.0 Å². The molecule has 0 saturated carbocycles. The van der Waals surface area contributed by atoms with Crippen molar-refractivity contribution in [2.75, 3.05) is 26.4 Å². The molecule has 25 heavy (non-hydrogen) atoms. The van der Waals surface area contributed by atoms with E-state index in [0.29, 0.717) is 10.6 Å². The first-order valence-corrected chi connectivity index (χ1v) is 9.60. The van der Waals surface area contributed by atoms with Gasteiger partial charge in [-0.15, -0.1) is 11.3 Å². The minimum atomic E-state index is -0.370. The molecule has 0 aliphatic rings. The lowest BCUT2D eigenvalue weighted by Crippen LogP contribution is -2.18. The van der Waals surface area contributed by atoms with Crippen molar-refractivity contribution in [2.45, 2.75) is 39.7 Å². The molecule has 2 N–H and O–H groups in total. The molecule has 1 aromatic heterocycles. The minimum Gasteiger partial charge on any atom is -0.465 e. The number of esters is 1. The Kier molecular flexibility index (Phi) is 7.02. The first-order valence-electron chi connectivity index (χ1n) is 8.79. The largest absolute Gasteiger partial charge is 0.465 e. The Balaban J connectivity index is 2.46. The lowest BCUT2D eigenvalue weighted by molar-refractivity contribution is 0.0603. The highest BCUT2D eigenvalue weighted by Gasteiger charge is 2.24. The van der Waals surface area contributed by atoms with Crippen LogP contribution in [-0.2, 0) is 17.7 Å². The minimum absolute atomic E-state index is 0.370. The number of nitrogen functional groups attached to an aromatic ring is 1. The molecule has 0 spiro atoms. The maximum absolute atomic E-state index is 12.3. The third-order valence-electron chi connectivity index (χ3n) is 4.36. The second kappa shape index (κ2) is 9.02. The molecule has 0 atom stereocenters. The standard InChI is InChI=1S/C20H28N2O2S/c1-5-7-12-22(3)13-16-17(15-10-8-14(6-2)9-11-15)18(19(21)25-16)20(23)24-4/h8-11H,5-7,12-13,21H2,1-4H3. The Morgan fingerprint density at radius 3 is 2.48 bits per heavy atom. The number of nitrogens with two attached hydrogens (primary N) is 1. The first-order chi connectivity index (χ1) is 12.0. The van der Waals surface area contributed by atoms with E-state index < -0.39 is 0 Å². The summed E-state index contributed by atoms with van der Waals surface area (Å²) < 4.78 is 4.98. The maximum atomic E-state index is 12.3. The topological polar surface area (TPSA) is 55.6 Å². The molecule has 0 radical (unpaired) electrons. The molecule has 0 aliphatic carbocycles. The predicted molar refractivity (Wildman–Crippen MR) is 106 cm³/mol. The van der Waals surface area contributed by atoms with E-state index in [-0.39, 0.29) is 5.97 Å². The number of methoxy groups -OCH3 is 1. The SMILES string of the molecule is CCCCN(C)Cc1sc(N)c(C(=O)OC)c1-c1ccc(CC)cc1. The summed E-state index contributed by atoms with van der Waals surface area (Å²) in [6, 6.07) is 8.36.